The summed E-state index contributed by atoms with van der Waals surface area (Å²) in [5.41, 5.74) is 3.71. The van der Waals surface area contributed by atoms with E-state index < -0.39 is 5.54 Å². The highest BCUT2D eigenvalue weighted by molar-refractivity contribution is 6.18. The molecule has 1 N–H and O–H groups in total. The Morgan fingerprint density at radius 1 is 1.25 bits per heavy atom. The molecule has 0 unspecified atom stereocenters. The molecular weight excluding hydrogens is 329 g/mol. The van der Waals surface area contributed by atoms with Gasteiger partial charge in [0, 0.05) is 29.6 Å². The van der Waals surface area contributed by atoms with Crippen LogP contribution in [-0.2, 0) is 17.1 Å². The van der Waals surface area contributed by atoms with Gasteiger partial charge in [-0.2, -0.15) is 0 Å². The zero-order valence-electron chi connectivity index (χ0n) is 13.9. The molecule has 2 aromatic rings. The van der Waals surface area contributed by atoms with Crippen LogP contribution in [0.5, 0.6) is 5.75 Å². The lowest BCUT2D eigenvalue weighted by Crippen LogP contribution is -2.45. The zero-order chi connectivity index (χ0) is 17.5. The van der Waals surface area contributed by atoms with Crippen molar-refractivity contribution in [3.05, 3.63) is 47.3 Å². The highest BCUT2D eigenvalue weighted by Gasteiger charge is 2.34. The first kappa shape index (κ1) is 16.8. The Labute approximate surface area is 145 Å². The van der Waals surface area contributed by atoms with Gasteiger partial charge in [0.15, 0.2) is 5.78 Å². The summed E-state index contributed by atoms with van der Waals surface area (Å²) in [4.78, 5) is 12.4. The third-order valence-corrected chi connectivity index (χ3v) is 4.77. The highest BCUT2D eigenvalue weighted by Crippen LogP contribution is 2.40. The number of hydrogen-bond donors (Lipinski definition) is 1. The van der Waals surface area contributed by atoms with E-state index in [1.807, 2.05) is 26.0 Å². The van der Waals surface area contributed by atoms with E-state index in [1.54, 1.807) is 6.07 Å². The second kappa shape index (κ2) is 6.10. The number of alkyl halides is 1. The van der Waals surface area contributed by atoms with Gasteiger partial charge in [-0.05, 0) is 48.7 Å². The predicted octanol–water partition coefficient (Wildman–Crippen LogP) is 4.56. The number of fused-ring (bicyclic) bond motifs is 1. The van der Waals surface area contributed by atoms with Gasteiger partial charge < -0.3 is 10.1 Å². The van der Waals surface area contributed by atoms with E-state index in [1.165, 1.54) is 19.2 Å². The fourth-order valence-corrected chi connectivity index (χ4v) is 3.40. The lowest BCUT2D eigenvalue weighted by Gasteiger charge is -2.34. The van der Waals surface area contributed by atoms with Gasteiger partial charge in [-0.15, -0.1) is 11.6 Å². The van der Waals surface area contributed by atoms with Gasteiger partial charge >= 0.3 is 0 Å². The average Bonchev–Trinajstić information content (AvgIpc) is 2.55. The molecule has 0 aromatic heterocycles. The number of nitrogens with one attached hydrogen (secondary N) is 1. The van der Waals surface area contributed by atoms with Crippen molar-refractivity contribution in [3.63, 3.8) is 0 Å². The molecule has 3 rings (SSSR count). The number of methoxy groups -OCH3 is 1. The molecule has 1 aliphatic rings. The fourth-order valence-electron chi connectivity index (χ4n) is 3.09. The first-order valence-electron chi connectivity index (χ1n) is 7.73. The Hall–Kier alpha value is -2.07. The number of hydrogen-bond acceptors (Lipinski definition) is 3. The molecule has 2 aromatic carbocycles. The molecule has 0 aliphatic carbocycles. The predicted molar refractivity (Wildman–Crippen MR) is 94.4 cm³/mol. The molecule has 0 bridgehead atoms. The minimum absolute atomic E-state index is 0.115. The minimum Gasteiger partial charge on any atom is -0.496 e. The largest absolute Gasteiger partial charge is 0.496 e. The SMILES string of the molecule is COc1cc(F)ccc1-c1ccc2c(c1CCl)CC(=O)C(C)(C)N2. The Bertz CT molecular complexity index is 817. The van der Waals surface area contributed by atoms with Crippen LogP contribution in [0, 0.1) is 5.82 Å². The summed E-state index contributed by atoms with van der Waals surface area (Å²) < 4.78 is 18.8. The van der Waals surface area contributed by atoms with Gasteiger partial charge in [-0.25, -0.2) is 4.39 Å². The van der Waals surface area contributed by atoms with Crippen LogP contribution in [0.15, 0.2) is 30.3 Å². The van der Waals surface area contributed by atoms with Crippen molar-refractivity contribution < 1.29 is 13.9 Å². The normalized spacial score (nSPS) is 15.6. The number of rotatable bonds is 3. The second-order valence-corrected chi connectivity index (χ2v) is 6.71. The van der Waals surface area contributed by atoms with E-state index in [9.17, 15) is 9.18 Å². The molecule has 126 valence electrons. The van der Waals surface area contributed by atoms with Gasteiger partial charge in [0.05, 0.1) is 12.6 Å². The quantitative estimate of drug-likeness (QED) is 0.827. The van der Waals surface area contributed by atoms with Crippen molar-refractivity contribution in [2.24, 2.45) is 0 Å². The monoisotopic (exact) mass is 347 g/mol. The van der Waals surface area contributed by atoms with Crippen LogP contribution in [0.3, 0.4) is 0 Å². The summed E-state index contributed by atoms with van der Waals surface area (Å²) >= 11 is 6.21. The molecule has 3 nitrogen and oxygen atoms in total. The van der Waals surface area contributed by atoms with Crippen LogP contribution in [0.2, 0.25) is 0 Å². The first-order valence-corrected chi connectivity index (χ1v) is 8.27. The van der Waals surface area contributed by atoms with Crippen LogP contribution >= 0.6 is 11.6 Å². The molecule has 0 saturated carbocycles. The van der Waals surface area contributed by atoms with Crippen LogP contribution < -0.4 is 10.1 Å². The molecule has 5 heteroatoms. The van der Waals surface area contributed by atoms with Gasteiger partial charge in [0.2, 0.25) is 0 Å². The van der Waals surface area contributed by atoms with E-state index in [4.69, 9.17) is 16.3 Å². The molecule has 0 fully saturated rings. The average molecular weight is 348 g/mol. The van der Waals surface area contributed by atoms with Crippen molar-refractivity contribution in [1.82, 2.24) is 0 Å². The molecule has 0 radical (unpaired) electrons. The third-order valence-electron chi connectivity index (χ3n) is 4.50. The van der Waals surface area contributed by atoms with E-state index >= 15 is 0 Å². The minimum atomic E-state index is -0.592. The number of Topliss-reactive ketones (excluding diaryl/α,β-unsaturated/α-hetero) is 1. The van der Waals surface area contributed by atoms with E-state index in [-0.39, 0.29) is 17.5 Å². The molecule has 1 heterocycles. The topological polar surface area (TPSA) is 38.3 Å². The Morgan fingerprint density at radius 2 is 1.96 bits per heavy atom. The Morgan fingerprint density at radius 3 is 2.62 bits per heavy atom. The fraction of sp³-hybridized carbons (Fsp3) is 0.316. The van der Waals surface area contributed by atoms with Crippen LogP contribution in [0.25, 0.3) is 11.1 Å². The van der Waals surface area contributed by atoms with Crippen LogP contribution in [0.1, 0.15) is 25.0 Å². The number of anilines is 1. The summed E-state index contributed by atoms with van der Waals surface area (Å²) in [6.45, 7) is 3.74. The van der Waals surface area contributed by atoms with Crippen molar-refractivity contribution in [1.29, 1.82) is 0 Å². The molecule has 0 saturated heterocycles. The van der Waals surface area contributed by atoms with E-state index in [2.05, 4.69) is 5.32 Å². The van der Waals surface area contributed by atoms with Crippen molar-refractivity contribution in [2.75, 3.05) is 12.4 Å². The number of halogens is 2. The standard InChI is InChI=1S/C19H19ClFNO2/c1-19(2)18(23)9-14-15(10-20)12(6-7-16(14)22-19)13-5-4-11(21)8-17(13)24-3/h4-8,22H,9-10H2,1-3H3. The maximum Gasteiger partial charge on any atom is 0.162 e. The maximum absolute atomic E-state index is 13.5. The molecule has 0 atom stereocenters. The van der Waals surface area contributed by atoms with Gasteiger partial charge in [-0.1, -0.05) is 6.07 Å². The molecule has 0 spiro atoms. The molecule has 0 amide bonds. The summed E-state index contributed by atoms with van der Waals surface area (Å²) in [6.07, 6.45) is 0.328. The van der Waals surface area contributed by atoms with Crippen molar-refractivity contribution >= 4 is 23.1 Å². The van der Waals surface area contributed by atoms with Gasteiger partial charge in [0.25, 0.3) is 0 Å². The Balaban J connectivity index is 2.19. The molecule has 24 heavy (non-hydrogen) atoms. The molecular formula is C19H19ClFNO2. The molecule has 1 aliphatic heterocycles. The van der Waals surface area contributed by atoms with E-state index in [0.717, 1.165) is 27.9 Å². The number of ketones is 1. The maximum atomic E-state index is 13.5. The smallest absolute Gasteiger partial charge is 0.162 e. The number of carbonyl (C=O) groups is 1. The second-order valence-electron chi connectivity index (χ2n) is 6.45. The van der Waals surface area contributed by atoms with Crippen molar-refractivity contribution in [3.8, 4) is 16.9 Å². The lowest BCUT2D eigenvalue weighted by atomic mass is 9.84. The number of ether oxygens (including phenoxy) is 1. The summed E-state index contributed by atoms with van der Waals surface area (Å²) in [7, 11) is 1.50. The van der Waals surface area contributed by atoms with E-state index in [0.29, 0.717) is 12.2 Å². The van der Waals surface area contributed by atoms with Crippen molar-refractivity contribution in [2.45, 2.75) is 31.7 Å². The Kier molecular flexibility index (Phi) is 4.26. The number of benzene rings is 2. The highest BCUT2D eigenvalue weighted by atomic mass is 35.5. The number of carbonyl (C=O) groups excluding carboxylic acids is 1. The van der Waals surface area contributed by atoms with Gasteiger partial charge in [0.1, 0.15) is 11.6 Å². The van der Waals surface area contributed by atoms with Crippen LogP contribution in [0.4, 0.5) is 10.1 Å². The third kappa shape index (κ3) is 2.75. The lowest BCUT2D eigenvalue weighted by molar-refractivity contribution is -0.122. The summed E-state index contributed by atoms with van der Waals surface area (Å²) in [6, 6.07) is 8.29. The summed E-state index contributed by atoms with van der Waals surface area (Å²) in [5, 5.41) is 3.28. The summed E-state index contributed by atoms with van der Waals surface area (Å²) in [5.74, 6) is 0.454. The van der Waals surface area contributed by atoms with Crippen LogP contribution in [-0.4, -0.2) is 18.4 Å². The van der Waals surface area contributed by atoms with Gasteiger partial charge in [-0.3, -0.25) is 4.79 Å². The first-order chi connectivity index (χ1) is 11.4. The zero-order valence-corrected chi connectivity index (χ0v) is 14.6.